The van der Waals surface area contributed by atoms with Crippen molar-refractivity contribution in [3.63, 3.8) is 0 Å². The van der Waals surface area contributed by atoms with Crippen molar-refractivity contribution >= 4 is 5.82 Å². The van der Waals surface area contributed by atoms with E-state index >= 15 is 0 Å². The van der Waals surface area contributed by atoms with E-state index in [1.165, 1.54) is 6.20 Å². The van der Waals surface area contributed by atoms with Gasteiger partial charge in [-0.15, -0.1) is 0 Å². The smallest absolute Gasteiger partial charge is 0.419 e. The Morgan fingerprint density at radius 2 is 2.06 bits per heavy atom. The molecule has 2 fully saturated rings. The minimum Gasteiger partial charge on any atom is -0.481 e. The Hall–Kier alpha value is -3.18. The molecule has 0 bridgehead atoms. The lowest BCUT2D eigenvalue weighted by Gasteiger charge is -2.35. The molecule has 1 spiro atoms. The molecule has 3 aliphatic rings. The standard InChI is InChI=1S/C25H27F3N6O2/c1-35-21-4-2-3-18(31-21)22(15-5-6-15)33-8-7-24(14-33)20-12-19(32-34(20)9-10-36-24)16-11-17(25(26,27)28)23(29)30-13-16/h2-4,11-13,15,22H,5-10,14H2,1H3,(H2,29,30)/t22?,24-/m1/s1. The molecule has 1 aliphatic carbocycles. The lowest BCUT2D eigenvalue weighted by atomic mass is 9.96. The van der Waals surface area contributed by atoms with E-state index < -0.39 is 23.2 Å². The van der Waals surface area contributed by atoms with E-state index in [-0.39, 0.29) is 11.6 Å². The van der Waals surface area contributed by atoms with Crippen LogP contribution < -0.4 is 10.5 Å². The first kappa shape index (κ1) is 23.2. The van der Waals surface area contributed by atoms with Crippen LogP contribution in [0.1, 0.15) is 42.3 Å². The third kappa shape index (κ3) is 4.00. The summed E-state index contributed by atoms with van der Waals surface area (Å²) in [4.78, 5) is 10.9. The first-order chi connectivity index (χ1) is 17.3. The first-order valence-corrected chi connectivity index (χ1v) is 12.1. The molecule has 2 N–H and O–H groups in total. The van der Waals surface area contributed by atoms with E-state index in [0.29, 0.717) is 37.2 Å². The zero-order valence-corrected chi connectivity index (χ0v) is 19.8. The van der Waals surface area contributed by atoms with Crippen LogP contribution in [0.3, 0.4) is 0 Å². The molecule has 190 valence electrons. The number of nitrogens with two attached hydrogens (primary N) is 1. The second-order valence-corrected chi connectivity index (χ2v) is 9.74. The van der Waals surface area contributed by atoms with Gasteiger partial charge in [-0.2, -0.15) is 18.3 Å². The Morgan fingerprint density at radius 1 is 1.22 bits per heavy atom. The van der Waals surface area contributed by atoms with Crippen molar-refractivity contribution in [3.8, 4) is 17.1 Å². The van der Waals surface area contributed by atoms with Gasteiger partial charge in [0.2, 0.25) is 5.88 Å². The molecule has 6 rings (SSSR count). The van der Waals surface area contributed by atoms with Gasteiger partial charge in [0.25, 0.3) is 0 Å². The maximum absolute atomic E-state index is 13.4. The van der Waals surface area contributed by atoms with Gasteiger partial charge in [-0.1, -0.05) is 6.07 Å². The largest absolute Gasteiger partial charge is 0.481 e. The lowest BCUT2D eigenvalue weighted by Crippen LogP contribution is -2.41. The Morgan fingerprint density at radius 3 is 2.81 bits per heavy atom. The summed E-state index contributed by atoms with van der Waals surface area (Å²) in [5.74, 6) is 0.586. The molecule has 2 atom stereocenters. The van der Waals surface area contributed by atoms with Crippen LogP contribution in [0.15, 0.2) is 36.5 Å². The van der Waals surface area contributed by atoms with Gasteiger partial charge in [0.15, 0.2) is 0 Å². The zero-order chi connectivity index (χ0) is 25.1. The van der Waals surface area contributed by atoms with Gasteiger partial charge in [0, 0.05) is 30.9 Å². The number of aromatic nitrogens is 4. The summed E-state index contributed by atoms with van der Waals surface area (Å²) < 4.78 is 53.8. The minimum atomic E-state index is -4.59. The first-order valence-electron chi connectivity index (χ1n) is 12.1. The van der Waals surface area contributed by atoms with Gasteiger partial charge in [0.05, 0.1) is 48.9 Å². The molecule has 0 amide bonds. The monoisotopic (exact) mass is 500 g/mol. The number of hydrogen-bond acceptors (Lipinski definition) is 7. The maximum atomic E-state index is 13.4. The topological polar surface area (TPSA) is 91.3 Å². The van der Waals surface area contributed by atoms with Gasteiger partial charge in [-0.25, -0.2) is 9.97 Å². The van der Waals surface area contributed by atoms with Gasteiger partial charge in [-0.3, -0.25) is 9.58 Å². The summed E-state index contributed by atoms with van der Waals surface area (Å²) in [6.45, 7) is 2.50. The van der Waals surface area contributed by atoms with Crippen LogP contribution in [0.4, 0.5) is 19.0 Å². The van der Waals surface area contributed by atoms with Crippen molar-refractivity contribution in [1.82, 2.24) is 24.6 Å². The number of methoxy groups -OCH3 is 1. The maximum Gasteiger partial charge on any atom is 0.419 e. The van der Waals surface area contributed by atoms with E-state index in [9.17, 15) is 13.2 Å². The number of rotatable bonds is 5. The number of ether oxygens (including phenoxy) is 2. The third-order valence-electron chi connectivity index (χ3n) is 7.43. The number of halogens is 3. The van der Waals surface area contributed by atoms with E-state index in [2.05, 4.69) is 15.0 Å². The molecule has 0 aromatic carbocycles. The average Bonchev–Trinajstić information content (AvgIpc) is 3.44. The summed E-state index contributed by atoms with van der Waals surface area (Å²) in [6.07, 6.45) is -0.178. The fourth-order valence-corrected chi connectivity index (χ4v) is 5.56. The van der Waals surface area contributed by atoms with Crippen LogP contribution in [-0.2, 0) is 23.1 Å². The summed E-state index contributed by atoms with van der Waals surface area (Å²) >= 11 is 0. The van der Waals surface area contributed by atoms with Crippen LogP contribution in [0.25, 0.3) is 11.3 Å². The molecule has 8 nitrogen and oxygen atoms in total. The highest BCUT2D eigenvalue weighted by atomic mass is 19.4. The third-order valence-corrected chi connectivity index (χ3v) is 7.43. The van der Waals surface area contributed by atoms with Crippen LogP contribution >= 0.6 is 0 Å². The molecule has 3 aromatic heterocycles. The van der Waals surface area contributed by atoms with E-state index in [1.807, 2.05) is 28.9 Å². The van der Waals surface area contributed by atoms with Crippen molar-refractivity contribution in [3.05, 3.63) is 53.5 Å². The normalized spacial score (nSPS) is 23.1. The second-order valence-electron chi connectivity index (χ2n) is 9.74. The van der Waals surface area contributed by atoms with Crippen molar-refractivity contribution < 1.29 is 22.6 Å². The Balaban J connectivity index is 1.32. The highest BCUT2D eigenvalue weighted by molar-refractivity contribution is 5.63. The molecule has 5 heterocycles. The van der Waals surface area contributed by atoms with Gasteiger partial charge in [-0.05, 0) is 43.4 Å². The summed E-state index contributed by atoms with van der Waals surface area (Å²) in [7, 11) is 1.62. The zero-order valence-electron chi connectivity index (χ0n) is 19.8. The molecular formula is C25H27F3N6O2. The Labute approximate surface area is 206 Å². The number of alkyl halides is 3. The van der Waals surface area contributed by atoms with Gasteiger partial charge < -0.3 is 15.2 Å². The summed E-state index contributed by atoms with van der Waals surface area (Å²) in [5.41, 5.74) is 6.53. The molecule has 0 radical (unpaired) electrons. The molecule has 2 aliphatic heterocycles. The van der Waals surface area contributed by atoms with E-state index in [1.54, 1.807) is 7.11 Å². The lowest BCUT2D eigenvalue weighted by molar-refractivity contribution is -0.137. The number of nitrogen functional groups attached to an aromatic ring is 1. The molecule has 36 heavy (non-hydrogen) atoms. The van der Waals surface area contributed by atoms with Gasteiger partial charge in [0.1, 0.15) is 11.4 Å². The number of fused-ring (bicyclic) bond motifs is 2. The molecular weight excluding hydrogens is 473 g/mol. The minimum absolute atomic E-state index is 0.163. The fourth-order valence-electron chi connectivity index (χ4n) is 5.56. The van der Waals surface area contributed by atoms with Crippen LogP contribution in [0.2, 0.25) is 0 Å². The summed E-state index contributed by atoms with van der Waals surface area (Å²) in [6, 6.07) is 8.88. The van der Waals surface area contributed by atoms with Crippen LogP contribution in [0, 0.1) is 5.92 Å². The molecule has 1 saturated carbocycles. The number of anilines is 1. The number of hydrogen-bond donors (Lipinski definition) is 1. The number of pyridine rings is 2. The van der Waals surface area contributed by atoms with Gasteiger partial charge >= 0.3 is 6.18 Å². The van der Waals surface area contributed by atoms with E-state index in [0.717, 1.165) is 43.3 Å². The average molecular weight is 501 g/mol. The van der Waals surface area contributed by atoms with Crippen molar-refractivity contribution in [2.75, 3.05) is 32.5 Å². The fraction of sp³-hybridized carbons (Fsp3) is 0.480. The molecule has 11 heteroatoms. The Kier molecular flexibility index (Phi) is 5.45. The predicted molar refractivity (Wildman–Crippen MR) is 125 cm³/mol. The highest BCUT2D eigenvalue weighted by Crippen LogP contribution is 2.49. The summed E-state index contributed by atoms with van der Waals surface area (Å²) in [5, 5.41) is 4.63. The SMILES string of the molecule is COc1cccc(C(C2CC2)N2CC[C@]3(C2)OCCn2nc(-c4cnc(N)c(C(F)(F)F)c4)cc23)n1. The molecule has 1 saturated heterocycles. The number of likely N-dealkylation sites (tertiary alicyclic amines) is 1. The van der Waals surface area contributed by atoms with E-state index in [4.69, 9.17) is 20.2 Å². The quantitative estimate of drug-likeness (QED) is 0.566. The predicted octanol–water partition coefficient (Wildman–Crippen LogP) is 4.03. The highest BCUT2D eigenvalue weighted by Gasteiger charge is 2.50. The van der Waals surface area contributed by atoms with Crippen LogP contribution in [-0.4, -0.2) is 51.5 Å². The molecule has 1 unspecified atom stereocenters. The van der Waals surface area contributed by atoms with Crippen molar-refractivity contribution in [2.24, 2.45) is 5.92 Å². The number of nitrogens with zero attached hydrogens (tertiary/aromatic N) is 5. The van der Waals surface area contributed by atoms with Crippen LogP contribution in [0.5, 0.6) is 5.88 Å². The van der Waals surface area contributed by atoms with Crippen molar-refractivity contribution in [1.29, 1.82) is 0 Å². The Bertz CT molecular complexity index is 1290. The molecule has 3 aromatic rings. The second kappa shape index (κ2) is 8.45. The van der Waals surface area contributed by atoms with Crippen molar-refractivity contribution in [2.45, 2.75) is 43.6 Å².